The largest absolute Gasteiger partial charge is 0.299 e. The number of hydrogen-bond acceptors (Lipinski definition) is 3. The summed E-state index contributed by atoms with van der Waals surface area (Å²) in [5, 5.41) is 4.30. The van der Waals surface area contributed by atoms with E-state index in [-0.39, 0.29) is 5.92 Å². The van der Waals surface area contributed by atoms with Crippen LogP contribution in [0.2, 0.25) is 0 Å². The predicted molar refractivity (Wildman–Crippen MR) is 63.0 cm³/mol. The minimum atomic E-state index is 0.192. The zero-order valence-corrected chi connectivity index (χ0v) is 10.1. The number of hydrogen-bond donors (Lipinski definition) is 0. The number of nitrogens with zero attached hydrogens (tertiary/aromatic N) is 1. The average Bonchev–Trinajstić information content (AvgIpc) is 2.72. The molecule has 0 amide bonds. The highest BCUT2D eigenvalue weighted by Gasteiger charge is 2.30. The van der Waals surface area contributed by atoms with E-state index in [1.165, 1.54) is 5.56 Å². The SMILES string of the molecule is CC1C(=O)CCN(Cc2ccsc2)C1C. The van der Waals surface area contributed by atoms with Gasteiger partial charge in [0.15, 0.2) is 0 Å². The van der Waals surface area contributed by atoms with Gasteiger partial charge in [-0.25, -0.2) is 0 Å². The molecule has 1 saturated heterocycles. The Morgan fingerprint density at radius 3 is 3.00 bits per heavy atom. The lowest BCUT2D eigenvalue weighted by molar-refractivity contribution is -0.128. The maximum absolute atomic E-state index is 11.5. The van der Waals surface area contributed by atoms with E-state index in [0.717, 1.165) is 19.5 Å². The van der Waals surface area contributed by atoms with Crippen LogP contribution in [0.15, 0.2) is 16.8 Å². The number of likely N-dealkylation sites (tertiary alicyclic amines) is 1. The van der Waals surface area contributed by atoms with Gasteiger partial charge < -0.3 is 0 Å². The van der Waals surface area contributed by atoms with E-state index in [1.54, 1.807) is 11.3 Å². The van der Waals surface area contributed by atoms with Crippen molar-refractivity contribution in [2.45, 2.75) is 32.9 Å². The third kappa shape index (κ3) is 2.29. The summed E-state index contributed by atoms with van der Waals surface area (Å²) >= 11 is 1.74. The van der Waals surface area contributed by atoms with Gasteiger partial charge >= 0.3 is 0 Å². The maximum Gasteiger partial charge on any atom is 0.138 e. The van der Waals surface area contributed by atoms with Crippen LogP contribution >= 0.6 is 11.3 Å². The molecule has 0 spiro atoms. The minimum Gasteiger partial charge on any atom is -0.299 e. The highest BCUT2D eigenvalue weighted by Crippen LogP contribution is 2.22. The lowest BCUT2D eigenvalue weighted by Gasteiger charge is -2.36. The molecule has 1 aliphatic heterocycles. The number of ketones is 1. The smallest absolute Gasteiger partial charge is 0.138 e. The summed E-state index contributed by atoms with van der Waals surface area (Å²) in [5.74, 6) is 0.612. The molecule has 2 heterocycles. The molecule has 0 bridgehead atoms. The number of carbonyl (C=O) groups is 1. The zero-order chi connectivity index (χ0) is 10.8. The topological polar surface area (TPSA) is 20.3 Å². The standard InChI is InChI=1S/C12H17NOS/c1-9-10(2)13(5-3-12(9)14)7-11-4-6-15-8-11/h4,6,8-10H,3,5,7H2,1-2H3. The van der Waals surface area contributed by atoms with Crippen LogP contribution < -0.4 is 0 Å². The predicted octanol–water partition coefficient (Wildman–Crippen LogP) is 2.55. The van der Waals surface area contributed by atoms with Crippen molar-refractivity contribution in [1.29, 1.82) is 0 Å². The molecule has 2 unspecified atom stereocenters. The normalized spacial score (nSPS) is 28.3. The first kappa shape index (κ1) is 10.8. The molecule has 0 N–H and O–H groups in total. The summed E-state index contributed by atoms with van der Waals surface area (Å²) in [4.78, 5) is 13.9. The van der Waals surface area contributed by atoms with Crippen molar-refractivity contribution in [2.75, 3.05) is 6.54 Å². The monoisotopic (exact) mass is 223 g/mol. The van der Waals surface area contributed by atoms with Gasteiger partial charge in [-0.05, 0) is 29.3 Å². The minimum absolute atomic E-state index is 0.192. The molecule has 2 rings (SSSR count). The van der Waals surface area contributed by atoms with Crippen molar-refractivity contribution in [1.82, 2.24) is 4.90 Å². The van der Waals surface area contributed by atoms with Crippen LogP contribution in [0.5, 0.6) is 0 Å². The Morgan fingerprint density at radius 1 is 1.53 bits per heavy atom. The second-order valence-corrected chi connectivity index (χ2v) is 5.13. The Kier molecular flexibility index (Phi) is 3.22. The fourth-order valence-corrected chi connectivity index (χ4v) is 2.77. The van der Waals surface area contributed by atoms with Gasteiger partial charge in [0.05, 0.1) is 0 Å². The Morgan fingerprint density at radius 2 is 2.33 bits per heavy atom. The van der Waals surface area contributed by atoms with Gasteiger partial charge in [0.1, 0.15) is 5.78 Å². The number of thiophene rings is 1. The fraction of sp³-hybridized carbons (Fsp3) is 0.583. The van der Waals surface area contributed by atoms with Gasteiger partial charge in [-0.1, -0.05) is 6.92 Å². The first-order chi connectivity index (χ1) is 7.18. The molecule has 1 aromatic rings. The molecule has 0 radical (unpaired) electrons. The molecular formula is C12H17NOS. The summed E-state index contributed by atoms with van der Waals surface area (Å²) in [7, 11) is 0. The van der Waals surface area contributed by atoms with Crippen molar-refractivity contribution < 1.29 is 4.79 Å². The first-order valence-corrected chi connectivity index (χ1v) is 6.40. The Balaban J connectivity index is 2.01. The van der Waals surface area contributed by atoms with Crippen LogP contribution in [-0.4, -0.2) is 23.3 Å². The van der Waals surface area contributed by atoms with Crippen molar-refractivity contribution >= 4 is 17.1 Å². The summed E-state index contributed by atoms with van der Waals surface area (Å²) in [6, 6.07) is 2.55. The third-order valence-corrected chi connectivity index (χ3v) is 4.15. The molecule has 1 aliphatic rings. The van der Waals surface area contributed by atoms with Gasteiger partial charge in [-0.15, -0.1) is 0 Å². The molecule has 82 valence electrons. The molecular weight excluding hydrogens is 206 g/mol. The van der Waals surface area contributed by atoms with Crippen LogP contribution in [0, 0.1) is 5.92 Å². The molecule has 1 fully saturated rings. The molecule has 3 heteroatoms. The third-order valence-electron chi connectivity index (χ3n) is 3.42. The maximum atomic E-state index is 11.5. The molecule has 15 heavy (non-hydrogen) atoms. The lowest BCUT2D eigenvalue weighted by atomic mass is 9.90. The average molecular weight is 223 g/mol. The van der Waals surface area contributed by atoms with E-state index in [4.69, 9.17) is 0 Å². The highest BCUT2D eigenvalue weighted by molar-refractivity contribution is 7.07. The number of carbonyl (C=O) groups excluding carboxylic acids is 1. The van der Waals surface area contributed by atoms with Gasteiger partial charge in [0, 0.05) is 31.5 Å². The van der Waals surface area contributed by atoms with Crippen LogP contribution in [0.4, 0.5) is 0 Å². The molecule has 1 aromatic heterocycles. The fourth-order valence-electron chi connectivity index (χ4n) is 2.11. The number of piperidine rings is 1. The first-order valence-electron chi connectivity index (χ1n) is 5.46. The van der Waals surface area contributed by atoms with E-state index >= 15 is 0 Å². The van der Waals surface area contributed by atoms with E-state index in [9.17, 15) is 4.79 Å². The van der Waals surface area contributed by atoms with Crippen LogP contribution in [0.25, 0.3) is 0 Å². The van der Waals surface area contributed by atoms with Crippen molar-refractivity contribution in [3.8, 4) is 0 Å². The Bertz CT molecular complexity index is 333. The van der Waals surface area contributed by atoms with E-state index in [2.05, 4.69) is 28.7 Å². The number of Topliss-reactive ketones (excluding diaryl/α,β-unsaturated/α-hetero) is 1. The quantitative estimate of drug-likeness (QED) is 0.768. The molecule has 2 nitrogen and oxygen atoms in total. The van der Waals surface area contributed by atoms with Crippen molar-refractivity contribution in [3.05, 3.63) is 22.4 Å². The van der Waals surface area contributed by atoms with E-state index < -0.39 is 0 Å². The van der Waals surface area contributed by atoms with Crippen LogP contribution in [-0.2, 0) is 11.3 Å². The molecule has 0 aliphatic carbocycles. The highest BCUT2D eigenvalue weighted by atomic mass is 32.1. The Labute approximate surface area is 94.9 Å². The molecule has 2 atom stereocenters. The van der Waals surface area contributed by atoms with Gasteiger partial charge in [0.25, 0.3) is 0 Å². The molecule has 0 saturated carbocycles. The van der Waals surface area contributed by atoms with Gasteiger partial charge in [-0.2, -0.15) is 11.3 Å². The van der Waals surface area contributed by atoms with E-state index in [0.29, 0.717) is 11.8 Å². The molecule has 0 aromatic carbocycles. The van der Waals surface area contributed by atoms with Crippen LogP contribution in [0.1, 0.15) is 25.8 Å². The summed E-state index contributed by atoms with van der Waals surface area (Å²) in [5.41, 5.74) is 1.37. The second kappa shape index (κ2) is 4.45. The summed E-state index contributed by atoms with van der Waals surface area (Å²) < 4.78 is 0. The number of rotatable bonds is 2. The van der Waals surface area contributed by atoms with E-state index in [1.807, 2.05) is 6.92 Å². The second-order valence-electron chi connectivity index (χ2n) is 4.35. The Hall–Kier alpha value is -0.670. The van der Waals surface area contributed by atoms with Crippen LogP contribution in [0.3, 0.4) is 0 Å². The van der Waals surface area contributed by atoms with Crippen molar-refractivity contribution in [2.24, 2.45) is 5.92 Å². The van der Waals surface area contributed by atoms with Gasteiger partial charge in [0.2, 0.25) is 0 Å². The zero-order valence-electron chi connectivity index (χ0n) is 9.27. The lowest BCUT2D eigenvalue weighted by Crippen LogP contribution is -2.46. The summed E-state index contributed by atoms with van der Waals surface area (Å²) in [6.07, 6.45) is 0.718. The van der Waals surface area contributed by atoms with Crippen molar-refractivity contribution in [3.63, 3.8) is 0 Å². The summed E-state index contributed by atoms with van der Waals surface area (Å²) in [6.45, 7) is 6.11. The van der Waals surface area contributed by atoms with Gasteiger partial charge in [-0.3, -0.25) is 9.69 Å².